The highest BCUT2D eigenvalue weighted by Gasteiger charge is 2.39. The van der Waals surface area contributed by atoms with Crippen LogP contribution in [0, 0.1) is 0 Å². The Labute approximate surface area is 95.1 Å². The summed E-state index contributed by atoms with van der Waals surface area (Å²) in [6.07, 6.45) is 2.04. The standard InChI is InChI=1S/C11H18N2O3/c1-2-4-13-10(14)6-9(11(13)15)12-8-3-5-16-7-8/h8-9,12H,2-7H2,1H3. The van der Waals surface area contributed by atoms with Crippen molar-refractivity contribution >= 4 is 11.8 Å². The monoisotopic (exact) mass is 226 g/mol. The zero-order valence-electron chi connectivity index (χ0n) is 9.57. The Morgan fingerprint density at radius 1 is 1.50 bits per heavy atom. The first-order valence-electron chi connectivity index (χ1n) is 5.90. The van der Waals surface area contributed by atoms with Crippen LogP contribution in [0.15, 0.2) is 0 Å². The van der Waals surface area contributed by atoms with Gasteiger partial charge in [0.1, 0.15) is 0 Å². The van der Waals surface area contributed by atoms with E-state index in [4.69, 9.17) is 4.74 Å². The third-order valence-electron chi connectivity index (χ3n) is 3.06. The molecule has 16 heavy (non-hydrogen) atoms. The minimum atomic E-state index is -0.328. The summed E-state index contributed by atoms with van der Waals surface area (Å²) in [7, 11) is 0. The molecule has 2 unspecified atom stereocenters. The van der Waals surface area contributed by atoms with E-state index in [1.807, 2.05) is 6.92 Å². The molecule has 2 fully saturated rings. The Morgan fingerprint density at radius 3 is 2.94 bits per heavy atom. The van der Waals surface area contributed by atoms with Gasteiger partial charge in [-0.25, -0.2) is 0 Å². The lowest BCUT2D eigenvalue weighted by atomic mass is 10.2. The number of nitrogens with one attached hydrogen (secondary N) is 1. The summed E-state index contributed by atoms with van der Waals surface area (Å²) in [6, 6.07) is -0.103. The lowest BCUT2D eigenvalue weighted by Gasteiger charge is -2.17. The maximum Gasteiger partial charge on any atom is 0.246 e. The smallest absolute Gasteiger partial charge is 0.246 e. The lowest BCUT2D eigenvalue weighted by Crippen LogP contribution is -2.44. The zero-order chi connectivity index (χ0) is 11.5. The lowest BCUT2D eigenvalue weighted by molar-refractivity contribution is -0.138. The number of likely N-dealkylation sites (tertiary alicyclic amines) is 1. The number of carbonyl (C=O) groups excluding carboxylic acids is 2. The second-order valence-electron chi connectivity index (χ2n) is 4.37. The fourth-order valence-electron chi connectivity index (χ4n) is 2.22. The first-order chi connectivity index (χ1) is 7.72. The van der Waals surface area contributed by atoms with Crippen LogP contribution in [0.3, 0.4) is 0 Å². The van der Waals surface area contributed by atoms with Crippen LogP contribution in [0.1, 0.15) is 26.2 Å². The topological polar surface area (TPSA) is 58.6 Å². The molecule has 0 aliphatic carbocycles. The maximum absolute atomic E-state index is 11.9. The largest absolute Gasteiger partial charge is 0.380 e. The highest BCUT2D eigenvalue weighted by molar-refractivity contribution is 6.05. The van der Waals surface area contributed by atoms with Crippen LogP contribution in [-0.4, -0.2) is 48.6 Å². The molecule has 0 radical (unpaired) electrons. The third kappa shape index (κ3) is 2.25. The molecule has 2 heterocycles. The Kier molecular flexibility index (Phi) is 3.56. The van der Waals surface area contributed by atoms with E-state index in [1.165, 1.54) is 4.90 Å². The predicted octanol–water partition coefficient (Wildman–Crippen LogP) is -0.0976. The Bertz CT molecular complexity index is 287. The molecule has 90 valence electrons. The van der Waals surface area contributed by atoms with Crippen molar-refractivity contribution in [2.75, 3.05) is 19.8 Å². The average molecular weight is 226 g/mol. The highest BCUT2D eigenvalue weighted by Crippen LogP contribution is 2.15. The number of nitrogens with zero attached hydrogens (tertiary/aromatic N) is 1. The van der Waals surface area contributed by atoms with Gasteiger partial charge in [-0.2, -0.15) is 0 Å². The molecule has 0 spiro atoms. The van der Waals surface area contributed by atoms with Crippen LogP contribution >= 0.6 is 0 Å². The molecule has 0 bridgehead atoms. The van der Waals surface area contributed by atoms with E-state index in [2.05, 4.69) is 5.32 Å². The fourth-order valence-corrected chi connectivity index (χ4v) is 2.22. The third-order valence-corrected chi connectivity index (χ3v) is 3.06. The van der Waals surface area contributed by atoms with Gasteiger partial charge in [0, 0.05) is 19.2 Å². The van der Waals surface area contributed by atoms with Crippen molar-refractivity contribution in [2.45, 2.75) is 38.3 Å². The molecule has 0 saturated carbocycles. The van der Waals surface area contributed by atoms with Crippen molar-refractivity contribution < 1.29 is 14.3 Å². The minimum absolute atomic E-state index is 0.0525. The summed E-state index contributed by atoms with van der Waals surface area (Å²) in [5.41, 5.74) is 0. The van der Waals surface area contributed by atoms with Gasteiger partial charge in [0.15, 0.2) is 0 Å². The number of amides is 2. The molecule has 2 amide bonds. The molecule has 1 N–H and O–H groups in total. The molecular weight excluding hydrogens is 208 g/mol. The average Bonchev–Trinajstić information content (AvgIpc) is 2.84. The van der Waals surface area contributed by atoms with Gasteiger partial charge in [-0.15, -0.1) is 0 Å². The molecule has 5 heteroatoms. The molecule has 2 aliphatic heterocycles. The normalized spacial score (nSPS) is 30.4. The summed E-state index contributed by atoms with van der Waals surface area (Å²) in [5.74, 6) is -0.123. The van der Waals surface area contributed by atoms with Gasteiger partial charge in [-0.05, 0) is 12.8 Å². The number of imide groups is 1. The molecule has 2 saturated heterocycles. The van der Waals surface area contributed by atoms with E-state index < -0.39 is 0 Å². The van der Waals surface area contributed by atoms with Crippen molar-refractivity contribution in [3.05, 3.63) is 0 Å². The SMILES string of the molecule is CCCN1C(=O)CC(NC2CCOC2)C1=O. The minimum Gasteiger partial charge on any atom is -0.380 e. The van der Waals surface area contributed by atoms with E-state index in [0.29, 0.717) is 19.6 Å². The highest BCUT2D eigenvalue weighted by atomic mass is 16.5. The van der Waals surface area contributed by atoms with Crippen molar-refractivity contribution in [3.63, 3.8) is 0 Å². The van der Waals surface area contributed by atoms with Crippen LogP contribution in [0.2, 0.25) is 0 Å². The van der Waals surface area contributed by atoms with Gasteiger partial charge in [0.25, 0.3) is 0 Å². The second-order valence-corrected chi connectivity index (χ2v) is 4.37. The molecule has 0 aromatic heterocycles. The van der Waals surface area contributed by atoms with Gasteiger partial charge >= 0.3 is 0 Å². The number of hydrogen-bond donors (Lipinski definition) is 1. The Morgan fingerprint density at radius 2 is 2.31 bits per heavy atom. The number of carbonyl (C=O) groups is 2. The molecule has 2 aliphatic rings. The summed E-state index contributed by atoms with van der Waals surface area (Å²) in [6.45, 7) is 3.89. The van der Waals surface area contributed by atoms with E-state index in [0.717, 1.165) is 19.4 Å². The summed E-state index contributed by atoms with van der Waals surface area (Å²) in [4.78, 5) is 24.9. The first kappa shape index (κ1) is 11.5. The molecule has 2 rings (SSSR count). The van der Waals surface area contributed by atoms with Crippen molar-refractivity contribution in [3.8, 4) is 0 Å². The quantitative estimate of drug-likeness (QED) is 0.680. The summed E-state index contributed by atoms with van der Waals surface area (Å²) in [5, 5.41) is 3.21. The van der Waals surface area contributed by atoms with Gasteiger partial charge in [-0.3, -0.25) is 14.5 Å². The Balaban J connectivity index is 1.91. The zero-order valence-corrected chi connectivity index (χ0v) is 9.57. The summed E-state index contributed by atoms with van der Waals surface area (Å²) < 4.78 is 5.23. The molecule has 0 aromatic carbocycles. The molecule has 5 nitrogen and oxygen atoms in total. The number of hydrogen-bond acceptors (Lipinski definition) is 4. The van der Waals surface area contributed by atoms with Crippen LogP contribution in [-0.2, 0) is 14.3 Å². The number of ether oxygens (including phenoxy) is 1. The van der Waals surface area contributed by atoms with E-state index in [-0.39, 0.29) is 23.9 Å². The van der Waals surface area contributed by atoms with Gasteiger partial charge in [-0.1, -0.05) is 6.92 Å². The van der Waals surface area contributed by atoms with E-state index in [9.17, 15) is 9.59 Å². The second kappa shape index (κ2) is 4.93. The van der Waals surface area contributed by atoms with Crippen molar-refractivity contribution in [1.82, 2.24) is 10.2 Å². The van der Waals surface area contributed by atoms with Gasteiger partial charge in [0.2, 0.25) is 11.8 Å². The molecule has 2 atom stereocenters. The van der Waals surface area contributed by atoms with Crippen LogP contribution in [0.5, 0.6) is 0 Å². The van der Waals surface area contributed by atoms with Gasteiger partial charge in [0.05, 0.1) is 19.1 Å². The van der Waals surface area contributed by atoms with Crippen LogP contribution < -0.4 is 5.32 Å². The van der Waals surface area contributed by atoms with Crippen molar-refractivity contribution in [2.24, 2.45) is 0 Å². The predicted molar refractivity (Wildman–Crippen MR) is 57.8 cm³/mol. The van der Waals surface area contributed by atoms with Gasteiger partial charge < -0.3 is 10.1 Å². The molecular formula is C11H18N2O3. The maximum atomic E-state index is 11.9. The Hall–Kier alpha value is -0.940. The van der Waals surface area contributed by atoms with Crippen LogP contribution in [0.4, 0.5) is 0 Å². The van der Waals surface area contributed by atoms with Crippen LogP contribution in [0.25, 0.3) is 0 Å². The summed E-state index contributed by atoms with van der Waals surface area (Å²) >= 11 is 0. The van der Waals surface area contributed by atoms with E-state index in [1.54, 1.807) is 0 Å². The number of rotatable bonds is 4. The molecule has 0 aromatic rings. The van der Waals surface area contributed by atoms with E-state index >= 15 is 0 Å². The van der Waals surface area contributed by atoms with Crippen molar-refractivity contribution in [1.29, 1.82) is 0 Å². The first-order valence-corrected chi connectivity index (χ1v) is 5.90. The fraction of sp³-hybridized carbons (Fsp3) is 0.818.